The van der Waals surface area contributed by atoms with Gasteiger partial charge in [-0.2, -0.15) is 0 Å². The summed E-state index contributed by atoms with van der Waals surface area (Å²) in [4.78, 5) is 2.46. The molecule has 0 saturated heterocycles. The van der Waals surface area contributed by atoms with Gasteiger partial charge in [0.1, 0.15) is 0 Å². The lowest BCUT2D eigenvalue weighted by molar-refractivity contribution is 0.716. The Morgan fingerprint density at radius 1 is 0.800 bits per heavy atom. The van der Waals surface area contributed by atoms with E-state index in [0.29, 0.717) is 0 Å². The van der Waals surface area contributed by atoms with E-state index < -0.39 is 0 Å². The van der Waals surface area contributed by atoms with Crippen LogP contribution in [0.3, 0.4) is 0 Å². The van der Waals surface area contributed by atoms with E-state index in [1.807, 2.05) is 0 Å². The molecule has 0 amide bonds. The van der Waals surface area contributed by atoms with Crippen LogP contribution in [0.2, 0.25) is 0 Å². The Hall–Kier alpha value is -1.96. The fourth-order valence-electron chi connectivity index (χ4n) is 3.14. The van der Waals surface area contributed by atoms with Crippen molar-refractivity contribution in [3.05, 3.63) is 54.1 Å². The maximum atomic E-state index is 3.53. The molecule has 0 atom stereocenters. The first-order valence-electron chi connectivity index (χ1n) is 9.93. The van der Waals surface area contributed by atoms with Crippen LogP contribution in [0.4, 0.5) is 17.1 Å². The molecule has 0 aromatic heterocycles. The average Bonchev–Trinajstić information content (AvgIpc) is 2.64. The van der Waals surface area contributed by atoms with Gasteiger partial charge in [-0.05, 0) is 55.7 Å². The molecule has 0 saturated carbocycles. The molecule has 0 heterocycles. The molecule has 2 aromatic rings. The van der Waals surface area contributed by atoms with E-state index in [0.717, 1.165) is 13.1 Å². The fraction of sp³-hybridized carbons (Fsp3) is 0.478. The van der Waals surface area contributed by atoms with Gasteiger partial charge in [-0.1, -0.05) is 57.7 Å². The molecule has 25 heavy (non-hydrogen) atoms. The molecule has 0 spiro atoms. The fourth-order valence-corrected chi connectivity index (χ4v) is 3.14. The molecule has 0 bridgehead atoms. The number of benzene rings is 2. The third kappa shape index (κ3) is 6.12. The van der Waals surface area contributed by atoms with E-state index in [1.54, 1.807) is 0 Å². The van der Waals surface area contributed by atoms with E-state index in [9.17, 15) is 0 Å². The van der Waals surface area contributed by atoms with Crippen molar-refractivity contribution in [3.8, 4) is 0 Å². The summed E-state index contributed by atoms with van der Waals surface area (Å²) in [6, 6.07) is 17.6. The second kappa shape index (κ2) is 10.8. The van der Waals surface area contributed by atoms with Gasteiger partial charge in [0, 0.05) is 30.2 Å². The number of anilines is 3. The molecule has 2 nitrogen and oxygen atoms in total. The number of nitrogens with zero attached hydrogens (tertiary/aromatic N) is 1. The van der Waals surface area contributed by atoms with Crippen molar-refractivity contribution in [2.75, 3.05) is 23.3 Å². The first-order valence-corrected chi connectivity index (χ1v) is 9.93. The number of para-hydroxylation sites is 1. The molecule has 2 heteroatoms. The zero-order valence-corrected chi connectivity index (χ0v) is 16.2. The second-order valence-corrected chi connectivity index (χ2v) is 6.83. The molecule has 0 aliphatic rings. The SMILES string of the molecule is CCCCCNc1ccc(N(CCCCC)c2ccccc2C)cc1. The number of aryl methyl sites for hydroxylation is 1. The van der Waals surface area contributed by atoms with E-state index in [1.165, 1.54) is 61.2 Å². The van der Waals surface area contributed by atoms with Crippen LogP contribution in [0.1, 0.15) is 57.9 Å². The van der Waals surface area contributed by atoms with Crippen molar-refractivity contribution in [2.45, 2.75) is 59.3 Å². The lowest BCUT2D eigenvalue weighted by Crippen LogP contribution is -2.19. The van der Waals surface area contributed by atoms with Crippen molar-refractivity contribution in [3.63, 3.8) is 0 Å². The monoisotopic (exact) mass is 338 g/mol. The summed E-state index contributed by atoms with van der Waals surface area (Å²) in [7, 11) is 0. The predicted molar refractivity (Wildman–Crippen MR) is 112 cm³/mol. The summed E-state index contributed by atoms with van der Waals surface area (Å²) in [6.45, 7) is 8.84. The molecule has 1 N–H and O–H groups in total. The first kappa shape index (κ1) is 19.4. The summed E-state index contributed by atoms with van der Waals surface area (Å²) >= 11 is 0. The third-order valence-corrected chi connectivity index (χ3v) is 4.68. The number of hydrogen-bond acceptors (Lipinski definition) is 2. The highest BCUT2D eigenvalue weighted by Crippen LogP contribution is 2.29. The summed E-state index contributed by atoms with van der Waals surface area (Å²) in [5.41, 5.74) is 5.16. The lowest BCUT2D eigenvalue weighted by atomic mass is 10.1. The Bertz CT molecular complexity index is 604. The van der Waals surface area contributed by atoms with Crippen LogP contribution in [0.5, 0.6) is 0 Å². The van der Waals surface area contributed by atoms with Crippen molar-refractivity contribution in [1.29, 1.82) is 0 Å². The zero-order valence-electron chi connectivity index (χ0n) is 16.2. The molecule has 2 aromatic carbocycles. The van der Waals surface area contributed by atoms with E-state index in [-0.39, 0.29) is 0 Å². The molecular formula is C23H34N2. The maximum absolute atomic E-state index is 3.53. The smallest absolute Gasteiger partial charge is 0.0440 e. The Labute approximate surface area is 154 Å². The van der Waals surface area contributed by atoms with Crippen LogP contribution in [0.15, 0.2) is 48.5 Å². The summed E-state index contributed by atoms with van der Waals surface area (Å²) in [6.07, 6.45) is 7.56. The number of rotatable bonds is 11. The first-order chi connectivity index (χ1) is 12.3. The van der Waals surface area contributed by atoms with Gasteiger partial charge >= 0.3 is 0 Å². The predicted octanol–water partition coefficient (Wildman–Crippen LogP) is 6.93. The van der Waals surface area contributed by atoms with E-state index >= 15 is 0 Å². The minimum Gasteiger partial charge on any atom is -0.385 e. The maximum Gasteiger partial charge on any atom is 0.0440 e. The Kier molecular flexibility index (Phi) is 8.38. The zero-order chi connectivity index (χ0) is 17.9. The molecule has 0 radical (unpaired) electrons. The molecular weight excluding hydrogens is 304 g/mol. The third-order valence-electron chi connectivity index (χ3n) is 4.68. The standard InChI is InChI=1S/C23H34N2/c1-4-6-10-18-24-21-14-16-22(17-15-21)25(19-11-7-5-2)23-13-9-8-12-20(23)3/h8-9,12-17,24H,4-7,10-11,18-19H2,1-3H3. The summed E-state index contributed by atoms with van der Waals surface area (Å²) in [5, 5.41) is 3.53. The summed E-state index contributed by atoms with van der Waals surface area (Å²) < 4.78 is 0. The number of nitrogens with one attached hydrogen (secondary N) is 1. The highest BCUT2D eigenvalue weighted by atomic mass is 15.1. The molecule has 0 aliphatic carbocycles. The topological polar surface area (TPSA) is 15.3 Å². The van der Waals surface area contributed by atoms with Crippen LogP contribution >= 0.6 is 0 Å². The lowest BCUT2D eigenvalue weighted by Gasteiger charge is -2.27. The van der Waals surface area contributed by atoms with Crippen molar-refractivity contribution >= 4 is 17.1 Å². The van der Waals surface area contributed by atoms with E-state index in [4.69, 9.17) is 0 Å². The summed E-state index contributed by atoms with van der Waals surface area (Å²) in [5.74, 6) is 0. The number of unbranched alkanes of at least 4 members (excludes halogenated alkanes) is 4. The quantitative estimate of drug-likeness (QED) is 0.447. The molecule has 136 valence electrons. The van der Waals surface area contributed by atoms with Gasteiger partial charge in [0.15, 0.2) is 0 Å². The van der Waals surface area contributed by atoms with Gasteiger partial charge in [-0.15, -0.1) is 0 Å². The van der Waals surface area contributed by atoms with Gasteiger partial charge in [0.2, 0.25) is 0 Å². The van der Waals surface area contributed by atoms with Gasteiger partial charge < -0.3 is 10.2 Å². The Morgan fingerprint density at radius 2 is 1.48 bits per heavy atom. The van der Waals surface area contributed by atoms with Gasteiger partial charge in [0.05, 0.1) is 0 Å². The van der Waals surface area contributed by atoms with Gasteiger partial charge in [-0.3, -0.25) is 0 Å². The van der Waals surface area contributed by atoms with Crippen molar-refractivity contribution in [2.24, 2.45) is 0 Å². The minimum atomic E-state index is 1.06. The van der Waals surface area contributed by atoms with Crippen molar-refractivity contribution < 1.29 is 0 Å². The Morgan fingerprint density at radius 3 is 2.16 bits per heavy atom. The van der Waals surface area contributed by atoms with Gasteiger partial charge in [-0.25, -0.2) is 0 Å². The normalized spacial score (nSPS) is 10.7. The average molecular weight is 339 g/mol. The Balaban J connectivity index is 2.10. The highest BCUT2D eigenvalue weighted by Gasteiger charge is 2.11. The minimum absolute atomic E-state index is 1.06. The van der Waals surface area contributed by atoms with Crippen LogP contribution in [-0.4, -0.2) is 13.1 Å². The van der Waals surface area contributed by atoms with Crippen LogP contribution < -0.4 is 10.2 Å². The molecule has 0 fully saturated rings. The molecule has 2 rings (SSSR count). The van der Waals surface area contributed by atoms with Crippen molar-refractivity contribution in [1.82, 2.24) is 0 Å². The van der Waals surface area contributed by atoms with Crippen LogP contribution in [0, 0.1) is 6.92 Å². The second-order valence-electron chi connectivity index (χ2n) is 6.83. The van der Waals surface area contributed by atoms with Crippen LogP contribution in [0.25, 0.3) is 0 Å². The largest absolute Gasteiger partial charge is 0.385 e. The highest BCUT2D eigenvalue weighted by molar-refractivity contribution is 5.67. The molecule has 0 aliphatic heterocycles. The van der Waals surface area contributed by atoms with Gasteiger partial charge in [0.25, 0.3) is 0 Å². The number of hydrogen-bond donors (Lipinski definition) is 1. The van der Waals surface area contributed by atoms with Crippen LogP contribution in [-0.2, 0) is 0 Å². The molecule has 0 unspecified atom stereocenters. The van der Waals surface area contributed by atoms with E-state index in [2.05, 4.69) is 79.5 Å².